The quantitative estimate of drug-likeness (QED) is 0.609. The fourth-order valence-corrected chi connectivity index (χ4v) is 3.94. The van der Waals surface area contributed by atoms with Crippen molar-refractivity contribution in [3.63, 3.8) is 0 Å². The van der Waals surface area contributed by atoms with E-state index in [-0.39, 0.29) is 18.9 Å². The standard InChI is InChI=1S/C17H26F3N3S/c1-12(10-15-4-3-9-24-15)11-22-16(21-2)23-14-7-5-13(6-8-14)17(18,19)20/h3-4,9,12-14H,5-8,10-11H2,1-2H3,(H2,21,22,23). The molecule has 0 aliphatic heterocycles. The molecular weight excluding hydrogens is 335 g/mol. The van der Waals surface area contributed by atoms with Crippen molar-refractivity contribution in [2.24, 2.45) is 16.8 Å². The van der Waals surface area contributed by atoms with E-state index in [1.54, 1.807) is 18.4 Å². The Hall–Kier alpha value is -1.24. The molecule has 0 saturated heterocycles. The zero-order valence-corrected chi connectivity index (χ0v) is 15.0. The molecule has 1 aliphatic rings. The van der Waals surface area contributed by atoms with E-state index in [1.165, 1.54) is 4.88 Å². The lowest BCUT2D eigenvalue weighted by Crippen LogP contribution is -2.46. The van der Waals surface area contributed by atoms with Gasteiger partial charge in [0.25, 0.3) is 0 Å². The lowest BCUT2D eigenvalue weighted by Gasteiger charge is -2.31. The third-order valence-corrected chi connectivity index (χ3v) is 5.40. The molecule has 1 unspecified atom stereocenters. The van der Waals surface area contributed by atoms with Gasteiger partial charge in [0.2, 0.25) is 0 Å². The Balaban J connectivity index is 1.71. The van der Waals surface area contributed by atoms with Crippen LogP contribution in [0.1, 0.15) is 37.5 Å². The minimum absolute atomic E-state index is 0.0717. The summed E-state index contributed by atoms with van der Waals surface area (Å²) in [5.74, 6) is 0.00277. The van der Waals surface area contributed by atoms with Gasteiger partial charge in [-0.1, -0.05) is 13.0 Å². The number of hydrogen-bond donors (Lipinski definition) is 2. The summed E-state index contributed by atoms with van der Waals surface area (Å²) in [6.07, 6.45) is -1.56. The van der Waals surface area contributed by atoms with Crippen LogP contribution in [0.3, 0.4) is 0 Å². The molecule has 1 heterocycles. The van der Waals surface area contributed by atoms with Crippen LogP contribution in [0.4, 0.5) is 13.2 Å². The summed E-state index contributed by atoms with van der Waals surface area (Å²) in [6.45, 7) is 2.96. The van der Waals surface area contributed by atoms with Crippen LogP contribution in [0.15, 0.2) is 22.5 Å². The highest BCUT2D eigenvalue weighted by atomic mass is 32.1. The van der Waals surface area contributed by atoms with Crippen LogP contribution in [0.5, 0.6) is 0 Å². The Labute approximate surface area is 145 Å². The highest BCUT2D eigenvalue weighted by molar-refractivity contribution is 7.09. The van der Waals surface area contributed by atoms with E-state index in [4.69, 9.17) is 0 Å². The third kappa shape index (κ3) is 6.00. The van der Waals surface area contributed by atoms with Crippen molar-refractivity contribution in [1.29, 1.82) is 0 Å². The average molecular weight is 361 g/mol. The molecule has 2 N–H and O–H groups in total. The summed E-state index contributed by atoms with van der Waals surface area (Å²) in [5, 5.41) is 8.63. The van der Waals surface area contributed by atoms with Crippen LogP contribution in [-0.2, 0) is 6.42 Å². The molecule has 1 saturated carbocycles. The number of halogens is 3. The molecule has 24 heavy (non-hydrogen) atoms. The largest absolute Gasteiger partial charge is 0.391 e. The Bertz CT molecular complexity index is 506. The van der Waals surface area contributed by atoms with Gasteiger partial charge in [0.15, 0.2) is 5.96 Å². The van der Waals surface area contributed by atoms with Gasteiger partial charge in [-0.2, -0.15) is 13.2 Å². The predicted octanol–water partition coefficient (Wildman–Crippen LogP) is 4.21. The van der Waals surface area contributed by atoms with E-state index in [2.05, 4.69) is 40.1 Å². The van der Waals surface area contributed by atoms with Crippen molar-refractivity contribution in [2.75, 3.05) is 13.6 Å². The van der Waals surface area contributed by atoms with E-state index < -0.39 is 12.1 Å². The monoisotopic (exact) mass is 361 g/mol. The lowest BCUT2D eigenvalue weighted by molar-refractivity contribution is -0.182. The second-order valence-electron chi connectivity index (χ2n) is 6.58. The highest BCUT2D eigenvalue weighted by Gasteiger charge is 2.41. The van der Waals surface area contributed by atoms with Gasteiger partial charge < -0.3 is 10.6 Å². The second-order valence-corrected chi connectivity index (χ2v) is 7.61. The van der Waals surface area contributed by atoms with E-state index in [1.807, 2.05) is 0 Å². The molecule has 0 spiro atoms. The van der Waals surface area contributed by atoms with Crippen molar-refractivity contribution in [3.8, 4) is 0 Å². The number of alkyl halides is 3. The molecule has 0 amide bonds. The van der Waals surface area contributed by atoms with Crippen molar-refractivity contribution in [2.45, 2.75) is 51.2 Å². The molecule has 7 heteroatoms. The van der Waals surface area contributed by atoms with Gasteiger partial charge in [-0.25, -0.2) is 0 Å². The van der Waals surface area contributed by atoms with Crippen LogP contribution in [0, 0.1) is 11.8 Å². The summed E-state index contributed by atoms with van der Waals surface area (Å²) >= 11 is 1.76. The van der Waals surface area contributed by atoms with Crippen LogP contribution in [-0.4, -0.2) is 31.8 Å². The van der Waals surface area contributed by atoms with Crippen LogP contribution in [0.2, 0.25) is 0 Å². The predicted molar refractivity (Wildman–Crippen MR) is 93.5 cm³/mol. The van der Waals surface area contributed by atoms with Gasteiger partial charge in [-0.15, -0.1) is 11.3 Å². The van der Waals surface area contributed by atoms with E-state index in [9.17, 15) is 13.2 Å². The summed E-state index contributed by atoms with van der Waals surface area (Å²) in [4.78, 5) is 5.55. The molecular formula is C17H26F3N3S. The smallest absolute Gasteiger partial charge is 0.356 e. The highest BCUT2D eigenvalue weighted by Crippen LogP contribution is 2.37. The first-order chi connectivity index (χ1) is 11.4. The second kappa shape index (κ2) is 8.74. The normalized spacial score (nSPS) is 23.8. The first kappa shape index (κ1) is 19.1. The molecule has 3 nitrogen and oxygen atoms in total. The Kier molecular flexibility index (Phi) is 6.95. The average Bonchev–Trinajstić information content (AvgIpc) is 3.04. The molecule has 1 aliphatic carbocycles. The number of thiophene rings is 1. The first-order valence-corrected chi connectivity index (χ1v) is 9.32. The van der Waals surface area contributed by atoms with Crippen LogP contribution in [0.25, 0.3) is 0 Å². The molecule has 2 rings (SSSR count). The Morgan fingerprint density at radius 3 is 2.58 bits per heavy atom. The summed E-state index contributed by atoms with van der Waals surface area (Å²) in [6, 6.07) is 4.26. The van der Waals surface area contributed by atoms with Gasteiger partial charge >= 0.3 is 6.18 Å². The maximum Gasteiger partial charge on any atom is 0.391 e. The number of hydrogen-bond acceptors (Lipinski definition) is 2. The molecule has 0 aromatic carbocycles. The zero-order valence-electron chi connectivity index (χ0n) is 14.2. The zero-order chi connectivity index (χ0) is 17.6. The van der Waals surface area contributed by atoms with Gasteiger partial charge in [0, 0.05) is 24.5 Å². The maximum atomic E-state index is 12.7. The van der Waals surface area contributed by atoms with E-state index >= 15 is 0 Å². The van der Waals surface area contributed by atoms with Crippen molar-refractivity contribution in [1.82, 2.24) is 10.6 Å². The number of nitrogens with one attached hydrogen (secondary N) is 2. The molecule has 0 bridgehead atoms. The SMILES string of the molecule is CN=C(NCC(C)Cc1cccs1)NC1CCC(C(F)(F)F)CC1. The van der Waals surface area contributed by atoms with Crippen LogP contribution < -0.4 is 10.6 Å². The van der Waals surface area contributed by atoms with Crippen molar-refractivity contribution < 1.29 is 13.2 Å². The van der Waals surface area contributed by atoms with Crippen molar-refractivity contribution in [3.05, 3.63) is 22.4 Å². The fourth-order valence-electron chi connectivity index (χ4n) is 3.07. The molecule has 0 radical (unpaired) electrons. The molecule has 1 aromatic rings. The molecule has 1 fully saturated rings. The maximum absolute atomic E-state index is 12.7. The lowest BCUT2D eigenvalue weighted by atomic mass is 9.85. The van der Waals surface area contributed by atoms with Gasteiger partial charge in [-0.3, -0.25) is 4.99 Å². The number of aliphatic imine (C=N–C) groups is 1. The number of nitrogens with zero attached hydrogens (tertiary/aromatic N) is 1. The topological polar surface area (TPSA) is 36.4 Å². The van der Waals surface area contributed by atoms with Crippen LogP contribution >= 0.6 is 11.3 Å². The molecule has 1 aromatic heterocycles. The molecule has 136 valence electrons. The molecule has 1 atom stereocenters. The van der Waals surface area contributed by atoms with E-state index in [0.717, 1.165) is 13.0 Å². The number of rotatable bonds is 5. The minimum atomic E-state index is -4.05. The summed E-state index contributed by atoms with van der Waals surface area (Å²) in [7, 11) is 1.70. The fraction of sp³-hybridized carbons (Fsp3) is 0.706. The van der Waals surface area contributed by atoms with E-state index in [0.29, 0.717) is 24.7 Å². The summed E-state index contributed by atoms with van der Waals surface area (Å²) in [5.41, 5.74) is 0. The summed E-state index contributed by atoms with van der Waals surface area (Å²) < 4.78 is 38.1. The Morgan fingerprint density at radius 1 is 1.33 bits per heavy atom. The Morgan fingerprint density at radius 2 is 2.04 bits per heavy atom. The van der Waals surface area contributed by atoms with Gasteiger partial charge in [0.05, 0.1) is 5.92 Å². The van der Waals surface area contributed by atoms with Crippen molar-refractivity contribution >= 4 is 17.3 Å². The first-order valence-electron chi connectivity index (χ1n) is 8.44. The third-order valence-electron chi connectivity index (χ3n) is 4.50. The number of guanidine groups is 1. The minimum Gasteiger partial charge on any atom is -0.356 e. The van der Waals surface area contributed by atoms with Gasteiger partial charge in [0.1, 0.15) is 0 Å². The van der Waals surface area contributed by atoms with Gasteiger partial charge in [-0.05, 0) is 49.5 Å².